The van der Waals surface area contributed by atoms with Gasteiger partial charge in [-0.15, -0.1) is 0 Å². The molecular formula is C20H20F3N3O. The summed E-state index contributed by atoms with van der Waals surface area (Å²) in [6.07, 6.45) is -2.44. The molecule has 0 saturated heterocycles. The lowest BCUT2D eigenvalue weighted by molar-refractivity contribution is -0.144. The smallest absolute Gasteiger partial charge is 0.345 e. The molecule has 0 spiro atoms. The molecule has 1 aromatic heterocycles. The number of hydrogen-bond donors (Lipinski definition) is 2. The summed E-state index contributed by atoms with van der Waals surface area (Å²) in [5, 5.41) is 2.99. The first kappa shape index (κ1) is 18.9. The van der Waals surface area contributed by atoms with Crippen molar-refractivity contribution in [2.75, 3.05) is 0 Å². The molecular weight excluding hydrogens is 355 g/mol. The van der Waals surface area contributed by atoms with Gasteiger partial charge in [-0.05, 0) is 29.7 Å². The summed E-state index contributed by atoms with van der Waals surface area (Å²) >= 11 is 0. The summed E-state index contributed by atoms with van der Waals surface area (Å²) in [6.45, 7) is 2.01. The quantitative estimate of drug-likeness (QED) is 0.639. The van der Waals surface area contributed by atoms with Crippen LogP contribution < -0.4 is 5.32 Å². The van der Waals surface area contributed by atoms with Crippen molar-refractivity contribution in [3.63, 3.8) is 0 Å². The number of aromatic nitrogens is 2. The van der Waals surface area contributed by atoms with Crippen LogP contribution in [-0.4, -0.2) is 15.9 Å². The number of hydrogen-bond acceptors (Lipinski definition) is 2. The Kier molecular flexibility index (Phi) is 5.48. The third-order valence-corrected chi connectivity index (χ3v) is 4.30. The van der Waals surface area contributed by atoms with Gasteiger partial charge in [-0.2, -0.15) is 13.2 Å². The molecule has 0 aliphatic rings. The highest BCUT2D eigenvalue weighted by Gasteiger charge is 2.34. The van der Waals surface area contributed by atoms with Crippen molar-refractivity contribution in [2.24, 2.45) is 0 Å². The van der Waals surface area contributed by atoms with E-state index in [1.807, 2.05) is 37.3 Å². The first-order valence-electron chi connectivity index (χ1n) is 8.79. The second-order valence-corrected chi connectivity index (χ2v) is 6.37. The van der Waals surface area contributed by atoms with E-state index in [9.17, 15) is 18.0 Å². The molecule has 0 bridgehead atoms. The van der Waals surface area contributed by atoms with E-state index in [-0.39, 0.29) is 16.9 Å². The van der Waals surface area contributed by atoms with Crippen LogP contribution >= 0.6 is 0 Å². The number of amides is 1. The molecule has 0 aliphatic heterocycles. The number of unbranched alkanes of at least 4 members (excludes halogenated alkanes) is 1. The number of fused-ring (bicyclic) bond motifs is 1. The number of carbonyl (C=O) groups excluding carboxylic acids is 1. The molecule has 0 radical (unpaired) electrons. The van der Waals surface area contributed by atoms with Crippen LogP contribution in [0, 0.1) is 0 Å². The third-order valence-electron chi connectivity index (χ3n) is 4.30. The Morgan fingerprint density at radius 3 is 2.56 bits per heavy atom. The van der Waals surface area contributed by atoms with Crippen molar-refractivity contribution >= 4 is 16.9 Å². The number of aromatic amines is 1. The average Bonchev–Trinajstić information content (AvgIpc) is 3.09. The highest BCUT2D eigenvalue weighted by molar-refractivity contribution is 5.79. The van der Waals surface area contributed by atoms with Gasteiger partial charge in [0.2, 0.25) is 11.7 Å². The zero-order valence-electron chi connectivity index (χ0n) is 14.8. The number of nitrogens with one attached hydrogen (secondary N) is 2. The molecule has 0 saturated carbocycles. The van der Waals surface area contributed by atoms with Crippen molar-refractivity contribution in [2.45, 2.75) is 38.4 Å². The van der Waals surface area contributed by atoms with Crippen molar-refractivity contribution < 1.29 is 18.0 Å². The molecule has 0 aliphatic carbocycles. The predicted octanol–water partition coefficient (Wildman–Crippen LogP) is 4.98. The summed E-state index contributed by atoms with van der Waals surface area (Å²) in [7, 11) is 0. The maximum atomic E-state index is 12.9. The first-order valence-corrected chi connectivity index (χ1v) is 8.79. The molecule has 3 rings (SSSR count). The molecule has 3 aromatic rings. The topological polar surface area (TPSA) is 57.8 Å². The normalized spacial score (nSPS) is 12.9. The van der Waals surface area contributed by atoms with Crippen LogP contribution in [0.25, 0.3) is 11.0 Å². The minimum absolute atomic E-state index is 0.0913. The van der Waals surface area contributed by atoms with E-state index in [0.717, 1.165) is 18.4 Å². The van der Waals surface area contributed by atoms with Gasteiger partial charge in [0.15, 0.2) is 0 Å². The van der Waals surface area contributed by atoms with Crippen LogP contribution in [0.5, 0.6) is 0 Å². The Hall–Kier alpha value is -2.83. The summed E-state index contributed by atoms with van der Waals surface area (Å²) in [5.74, 6) is -1.12. The van der Waals surface area contributed by atoms with Crippen molar-refractivity contribution in [3.8, 4) is 0 Å². The van der Waals surface area contributed by atoms with Gasteiger partial charge < -0.3 is 10.3 Å². The Bertz CT molecular complexity index is 919. The maximum absolute atomic E-state index is 12.9. The molecule has 2 aromatic carbocycles. The minimum atomic E-state index is -4.54. The van der Waals surface area contributed by atoms with Gasteiger partial charge in [-0.3, -0.25) is 4.79 Å². The van der Waals surface area contributed by atoms with E-state index in [1.54, 1.807) is 12.1 Å². The minimum Gasteiger partial charge on any atom is -0.345 e. The molecule has 1 atom stereocenters. The summed E-state index contributed by atoms with van der Waals surface area (Å²) in [6, 6.07) is 13.7. The maximum Gasteiger partial charge on any atom is 0.449 e. The Morgan fingerprint density at radius 2 is 1.89 bits per heavy atom. The van der Waals surface area contributed by atoms with E-state index in [2.05, 4.69) is 15.3 Å². The van der Waals surface area contributed by atoms with Gasteiger partial charge in [-0.25, -0.2) is 4.98 Å². The molecule has 27 heavy (non-hydrogen) atoms. The lowest BCUT2D eigenvalue weighted by Crippen LogP contribution is -2.29. The van der Waals surface area contributed by atoms with Crippen LogP contribution in [0.4, 0.5) is 13.2 Å². The second kappa shape index (κ2) is 7.82. The van der Waals surface area contributed by atoms with Crippen LogP contribution in [0.3, 0.4) is 0 Å². The summed E-state index contributed by atoms with van der Waals surface area (Å²) < 4.78 is 38.7. The zero-order valence-corrected chi connectivity index (χ0v) is 14.8. The van der Waals surface area contributed by atoms with E-state index in [0.29, 0.717) is 12.0 Å². The first-order chi connectivity index (χ1) is 12.9. The van der Waals surface area contributed by atoms with Crippen LogP contribution in [-0.2, 0) is 11.0 Å². The van der Waals surface area contributed by atoms with Crippen molar-refractivity contribution in [1.29, 1.82) is 0 Å². The number of alkyl halides is 3. The number of rotatable bonds is 6. The average molecular weight is 375 g/mol. The predicted molar refractivity (Wildman–Crippen MR) is 97.0 cm³/mol. The van der Waals surface area contributed by atoms with Gasteiger partial charge in [-0.1, -0.05) is 49.7 Å². The van der Waals surface area contributed by atoms with E-state index < -0.39 is 18.0 Å². The Morgan fingerprint density at radius 1 is 1.15 bits per heavy atom. The Balaban J connectivity index is 1.97. The number of halogens is 3. The van der Waals surface area contributed by atoms with Crippen LogP contribution in [0.15, 0.2) is 48.5 Å². The lowest BCUT2D eigenvalue weighted by Gasteiger charge is -2.20. The van der Waals surface area contributed by atoms with Gasteiger partial charge in [0, 0.05) is 6.42 Å². The molecule has 4 nitrogen and oxygen atoms in total. The number of nitrogens with zero attached hydrogens (tertiary/aromatic N) is 1. The fraction of sp³-hybridized carbons (Fsp3) is 0.300. The number of benzene rings is 2. The Labute approximate surface area is 154 Å². The zero-order chi connectivity index (χ0) is 19.4. The van der Waals surface area contributed by atoms with Gasteiger partial charge in [0.05, 0.1) is 17.1 Å². The monoisotopic (exact) mass is 375 g/mol. The fourth-order valence-corrected chi connectivity index (χ4v) is 2.92. The molecule has 1 heterocycles. The summed E-state index contributed by atoms with van der Waals surface area (Å²) in [4.78, 5) is 18.2. The fourth-order valence-electron chi connectivity index (χ4n) is 2.92. The molecule has 142 valence electrons. The highest BCUT2D eigenvalue weighted by Crippen LogP contribution is 2.30. The van der Waals surface area contributed by atoms with Crippen LogP contribution in [0.2, 0.25) is 0 Å². The van der Waals surface area contributed by atoms with Gasteiger partial charge >= 0.3 is 6.18 Å². The number of H-pyrrole nitrogens is 1. The number of imidazole rings is 1. The van der Waals surface area contributed by atoms with Gasteiger partial charge in [0.1, 0.15) is 0 Å². The highest BCUT2D eigenvalue weighted by atomic mass is 19.4. The molecule has 1 amide bonds. The lowest BCUT2D eigenvalue weighted by atomic mass is 9.98. The molecule has 2 N–H and O–H groups in total. The van der Waals surface area contributed by atoms with Gasteiger partial charge in [0.25, 0.3) is 0 Å². The molecule has 0 fully saturated rings. The van der Waals surface area contributed by atoms with E-state index >= 15 is 0 Å². The van der Waals surface area contributed by atoms with Crippen LogP contribution in [0.1, 0.15) is 49.2 Å². The van der Waals surface area contributed by atoms with E-state index in [1.165, 1.54) is 6.07 Å². The summed E-state index contributed by atoms with van der Waals surface area (Å²) in [5.41, 5.74) is 2.06. The number of carbonyl (C=O) groups is 1. The molecule has 1 unspecified atom stereocenters. The third kappa shape index (κ3) is 4.48. The largest absolute Gasteiger partial charge is 0.449 e. The second-order valence-electron chi connectivity index (χ2n) is 6.37. The van der Waals surface area contributed by atoms with Crippen molar-refractivity contribution in [1.82, 2.24) is 15.3 Å². The molecule has 7 heteroatoms. The van der Waals surface area contributed by atoms with Crippen molar-refractivity contribution in [3.05, 3.63) is 65.5 Å². The SMILES string of the molecule is CCCCC(=O)NC(c1ccccc1)c1ccc2nc(C(F)(F)F)[nH]c2c1. The standard InChI is InChI=1S/C20H20F3N3O/c1-2-3-9-17(27)26-18(13-7-5-4-6-8-13)14-10-11-15-16(12-14)25-19(24-15)20(21,22)23/h4-8,10-12,18H,2-3,9H2,1H3,(H,24,25)(H,26,27). The van der Waals surface area contributed by atoms with E-state index in [4.69, 9.17) is 0 Å².